The van der Waals surface area contributed by atoms with Crippen LogP contribution in [0.2, 0.25) is 0 Å². The lowest BCUT2D eigenvalue weighted by atomic mass is 10.1. The molecule has 4 nitrogen and oxygen atoms in total. The number of rotatable bonds is 2. The zero-order valence-electron chi connectivity index (χ0n) is 9.11. The third-order valence-electron chi connectivity index (χ3n) is 2.78. The Hall–Kier alpha value is -2.20. The second-order valence-electron chi connectivity index (χ2n) is 3.79. The first kappa shape index (κ1) is 9.99. The Bertz CT molecular complexity index is 655. The van der Waals surface area contributed by atoms with Crippen molar-refractivity contribution in [3.05, 3.63) is 54.4 Å². The Morgan fingerprint density at radius 2 is 1.88 bits per heavy atom. The van der Waals surface area contributed by atoms with Gasteiger partial charge in [-0.05, 0) is 11.5 Å². The number of aromatic nitrogens is 3. The molecule has 0 atom stereocenters. The van der Waals surface area contributed by atoms with Gasteiger partial charge in [0.1, 0.15) is 0 Å². The van der Waals surface area contributed by atoms with Crippen LogP contribution in [0.3, 0.4) is 0 Å². The summed E-state index contributed by atoms with van der Waals surface area (Å²) in [4.78, 5) is 0. The maximum absolute atomic E-state index is 9.24. The van der Waals surface area contributed by atoms with Crippen LogP contribution in [-0.2, 0) is 6.61 Å². The van der Waals surface area contributed by atoms with Crippen LogP contribution in [0.5, 0.6) is 0 Å². The van der Waals surface area contributed by atoms with Gasteiger partial charge in [-0.3, -0.25) is 0 Å². The molecule has 84 valence electrons. The molecule has 17 heavy (non-hydrogen) atoms. The third kappa shape index (κ3) is 1.59. The molecule has 0 saturated carbocycles. The van der Waals surface area contributed by atoms with Gasteiger partial charge in [0.2, 0.25) is 0 Å². The number of aliphatic hydroxyl groups excluding tert-OH is 1. The van der Waals surface area contributed by atoms with E-state index in [0.717, 1.165) is 16.5 Å². The van der Waals surface area contributed by atoms with E-state index in [-0.39, 0.29) is 6.61 Å². The zero-order valence-corrected chi connectivity index (χ0v) is 9.11. The lowest BCUT2D eigenvalue weighted by Crippen LogP contribution is -2.02. The van der Waals surface area contributed by atoms with Crippen molar-refractivity contribution < 1.29 is 5.11 Å². The molecule has 0 amide bonds. The average molecular weight is 225 g/mol. The summed E-state index contributed by atoms with van der Waals surface area (Å²) < 4.78 is 1.67. The van der Waals surface area contributed by atoms with E-state index in [1.165, 1.54) is 0 Å². The molecule has 0 radical (unpaired) electrons. The van der Waals surface area contributed by atoms with Gasteiger partial charge in [-0.1, -0.05) is 41.6 Å². The Morgan fingerprint density at radius 1 is 1.06 bits per heavy atom. The highest BCUT2D eigenvalue weighted by molar-refractivity contribution is 5.90. The minimum Gasteiger partial charge on any atom is -0.390 e. The van der Waals surface area contributed by atoms with Crippen LogP contribution >= 0.6 is 0 Å². The number of fused-ring (bicyclic) bond motifs is 1. The van der Waals surface area contributed by atoms with Gasteiger partial charge in [-0.25, -0.2) is 4.68 Å². The van der Waals surface area contributed by atoms with Crippen LogP contribution in [0.15, 0.2) is 48.7 Å². The molecule has 2 aromatic carbocycles. The minimum absolute atomic E-state index is 0.0732. The normalized spacial score (nSPS) is 10.9. The summed E-state index contributed by atoms with van der Waals surface area (Å²) >= 11 is 0. The summed E-state index contributed by atoms with van der Waals surface area (Å²) in [6.45, 7) is -0.0732. The molecule has 0 bridgehead atoms. The van der Waals surface area contributed by atoms with Crippen LogP contribution in [0.25, 0.3) is 16.5 Å². The lowest BCUT2D eigenvalue weighted by molar-refractivity contribution is 0.273. The van der Waals surface area contributed by atoms with Gasteiger partial charge in [0.25, 0.3) is 0 Å². The molecule has 3 aromatic rings. The molecular weight excluding hydrogens is 214 g/mol. The molecule has 0 aliphatic carbocycles. The summed E-state index contributed by atoms with van der Waals surface area (Å²) in [7, 11) is 0. The molecular formula is C13H11N3O. The maximum atomic E-state index is 9.24. The van der Waals surface area contributed by atoms with Crippen LogP contribution in [0.1, 0.15) is 5.69 Å². The van der Waals surface area contributed by atoms with E-state index >= 15 is 0 Å². The Kier molecular flexibility index (Phi) is 2.34. The molecule has 1 N–H and O–H groups in total. The predicted octanol–water partition coefficient (Wildman–Crippen LogP) is 1.91. The van der Waals surface area contributed by atoms with Gasteiger partial charge in [0.05, 0.1) is 24.2 Å². The van der Waals surface area contributed by atoms with Crippen molar-refractivity contribution in [2.24, 2.45) is 0 Å². The van der Waals surface area contributed by atoms with Crippen LogP contribution in [0, 0.1) is 0 Å². The fourth-order valence-electron chi connectivity index (χ4n) is 1.96. The van der Waals surface area contributed by atoms with E-state index in [1.54, 1.807) is 10.9 Å². The Labute approximate surface area is 98.1 Å². The van der Waals surface area contributed by atoms with Gasteiger partial charge in [0, 0.05) is 5.39 Å². The summed E-state index contributed by atoms with van der Waals surface area (Å²) in [5, 5.41) is 19.3. The number of nitrogens with zero attached hydrogens (tertiary/aromatic N) is 3. The van der Waals surface area contributed by atoms with Crippen LogP contribution in [-0.4, -0.2) is 20.1 Å². The lowest BCUT2D eigenvalue weighted by Gasteiger charge is -2.07. The maximum Gasteiger partial charge on any atom is 0.0900 e. The smallest absolute Gasteiger partial charge is 0.0900 e. The highest BCUT2D eigenvalue weighted by Gasteiger charge is 2.07. The molecule has 0 fully saturated rings. The number of hydrogen-bond donors (Lipinski definition) is 1. The highest BCUT2D eigenvalue weighted by Crippen LogP contribution is 2.22. The molecule has 4 heteroatoms. The Morgan fingerprint density at radius 3 is 2.76 bits per heavy atom. The second-order valence-corrected chi connectivity index (χ2v) is 3.79. The van der Waals surface area contributed by atoms with Crippen LogP contribution in [0.4, 0.5) is 0 Å². The van der Waals surface area contributed by atoms with Crippen molar-refractivity contribution in [1.82, 2.24) is 15.0 Å². The van der Waals surface area contributed by atoms with Gasteiger partial charge in [-0.15, -0.1) is 5.10 Å². The summed E-state index contributed by atoms with van der Waals surface area (Å²) in [6, 6.07) is 14.1. The van der Waals surface area contributed by atoms with E-state index in [2.05, 4.69) is 10.3 Å². The topological polar surface area (TPSA) is 50.9 Å². The average Bonchev–Trinajstić information content (AvgIpc) is 2.86. The molecule has 0 saturated heterocycles. The molecule has 0 aliphatic rings. The Balaban J connectivity index is 2.31. The minimum atomic E-state index is -0.0732. The van der Waals surface area contributed by atoms with Crippen molar-refractivity contribution in [3.8, 4) is 5.69 Å². The summed E-state index contributed by atoms with van der Waals surface area (Å²) in [5.41, 5.74) is 1.62. The van der Waals surface area contributed by atoms with Crippen molar-refractivity contribution in [3.63, 3.8) is 0 Å². The monoisotopic (exact) mass is 225 g/mol. The molecule has 0 spiro atoms. The second kappa shape index (κ2) is 3.99. The standard InChI is InChI=1S/C13H11N3O/c17-9-11-8-14-15-16(11)13-7-3-5-10-4-1-2-6-12(10)13/h1-8,17H,9H2. The first-order chi connectivity index (χ1) is 8.40. The third-order valence-corrected chi connectivity index (χ3v) is 2.78. The van der Waals surface area contributed by atoms with Gasteiger partial charge in [-0.2, -0.15) is 0 Å². The van der Waals surface area contributed by atoms with E-state index in [1.807, 2.05) is 42.5 Å². The van der Waals surface area contributed by atoms with Gasteiger partial charge < -0.3 is 5.11 Å². The molecule has 0 aliphatic heterocycles. The van der Waals surface area contributed by atoms with Crippen molar-refractivity contribution >= 4 is 10.8 Å². The number of aliphatic hydroxyl groups is 1. The number of hydrogen-bond acceptors (Lipinski definition) is 3. The quantitative estimate of drug-likeness (QED) is 0.724. The first-order valence-corrected chi connectivity index (χ1v) is 5.39. The van der Waals surface area contributed by atoms with Crippen molar-refractivity contribution in [2.45, 2.75) is 6.61 Å². The largest absolute Gasteiger partial charge is 0.390 e. The van der Waals surface area contributed by atoms with Crippen molar-refractivity contribution in [2.75, 3.05) is 0 Å². The van der Waals surface area contributed by atoms with Gasteiger partial charge in [0.15, 0.2) is 0 Å². The van der Waals surface area contributed by atoms with E-state index in [4.69, 9.17) is 0 Å². The molecule has 1 heterocycles. The van der Waals surface area contributed by atoms with Gasteiger partial charge >= 0.3 is 0 Å². The molecule has 0 unspecified atom stereocenters. The SMILES string of the molecule is OCc1cnnn1-c1cccc2ccccc12. The van der Waals surface area contributed by atoms with E-state index < -0.39 is 0 Å². The molecule has 3 rings (SSSR count). The molecule has 1 aromatic heterocycles. The summed E-state index contributed by atoms with van der Waals surface area (Å²) in [5.74, 6) is 0. The fourth-order valence-corrected chi connectivity index (χ4v) is 1.96. The summed E-state index contributed by atoms with van der Waals surface area (Å²) in [6.07, 6.45) is 1.57. The zero-order chi connectivity index (χ0) is 11.7. The van der Waals surface area contributed by atoms with Crippen LogP contribution < -0.4 is 0 Å². The van der Waals surface area contributed by atoms with E-state index in [0.29, 0.717) is 5.69 Å². The van der Waals surface area contributed by atoms with Crippen molar-refractivity contribution in [1.29, 1.82) is 0 Å². The van der Waals surface area contributed by atoms with E-state index in [9.17, 15) is 5.11 Å². The predicted molar refractivity (Wildman–Crippen MR) is 64.8 cm³/mol. The first-order valence-electron chi connectivity index (χ1n) is 5.39. The fraction of sp³-hybridized carbons (Fsp3) is 0.0769. The number of benzene rings is 2. The highest BCUT2D eigenvalue weighted by atomic mass is 16.3.